The Bertz CT molecular complexity index is 1450. The molecule has 0 fully saturated rings. The lowest BCUT2D eigenvalue weighted by Gasteiger charge is -2.17. The predicted octanol–water partition coefficient (Wildman–Crippen LogP) is 5.19. The van der Waals surface area contributed by atoms with Gasteiger partial charge in [0.15, 0.2) is 0 Å². The van der Waals surface area contributed by atoms with E-state index >= 15 is 4.39 Å². The van der Waals surface area contributed by atoms with Gasteiger partial charge in [0, 0.05) is 36.0 Å². The van der Waals surface area contributed by atoms with Crippen LogP contribution in [0.1, 0.15) is 23.0 Å². The lowest BCUT2D eigenvalue weighted by atomic mass is 10.0. The van der Waals surface area contributed by atoms with E-state index in [9.17, 15) is 4.79 Å². The molecule has 1 aliphatic rings. The maximum Gasteiger partial charge on any atom is 0.319 e. The van der Waals surface area contributed by atoms with Crippen molar-refractivity contribution in [3.05, 3.63) is 76.7 Å². The Morgan fingerprint density at radius 3 is 2.83 bits per heavy atom. The molecule has 0 radical (unpaired) electrons. The van der Waals surface area contributed by atoms with Crippen LogP contribution >= 0.6 is 11.6 Å². The van der Waals surface area contributed by atoms with Gasteiger partial charge in [-0.1, -0.05) is 35.9 Å². The average molecular weight is 509 g/mol. The number of benzene rings is 2. The number of nitrogens with one attached hydrogen (secondary N) is 2. The second kappa shape index (κ2) is 9.75. The first-order chi connectivity index (χ1) is 17.4. The third-order valence-electron chi connectivity index (χ3n) is 6.52. The number of imidazole rings is 1. The lowest BCUT2D eigenvalue weighted by molar-refractivity contribution is 0.182. The van der Waals surface area contributed by atoms with Crippen molar-refractivity contribution in [2.45, 2.75) is 26.4 Å². The molecule has 186 valence electrons. The third-order valence-corrected chi connectivity index (χ3v) is 6.83. The summed E-state index contributed by atoms with van der Waals surface area (Å²) in [6, 6.07) is 10.2. The van der Waals surface area contributed by atoms with E-state index in [0.29, 0.717) is 30.3 Å². The number of halogens is 2. The van der Waals surface area contributed by atoms with E-state index in [2.05, 4.69) is 20.7 Å². The molecule has 2 N–H and O–H groups in total. The number of aryl methyl sites for hydroxylation is 1. The number of fused-ring (bicyclic) bond motifs is 3. The molecule has 3 heterocycles. The number of aromatic nitrogens is 4. The molecule has 5 rings (SSSR count). The van der Waals surface area contributed by atoms with Crippen molar-refractivity contribution in [2.75, 3.05) is 25.6 Å². The summed E-state index contributed by atoms with van der Waals surface area (Å²) in [5.41, 5.74) is 6.08. The minimum atomic E-state index is -0.587. The summed E-state index contributed by atoms with van der Waals surface area (Å²) in [6.45, 7) is 5.17. The van der Waals surface area contributed by atoms with E-state index in [1.807, 2.05) is 53.6 Å². The number of nitrogens with zero attached hydrogens (tertiary/aromatic N) is 4. The summed E-state index contributed by atoms with van der Waals surface area (Å²) in [4.78, 5) is 16.9. The average Bonchev–Trinajstić information content (AvgIpc) is 3.52. The number of anilines is 1. The number of carbonyl (C=O) groups excluding carboxylic acids is 1. The van der Waals surface area contributed by atoms with E-state index in [1.165, 1.54) is 12.1 Å². The van der Waals surface area contributed by atoms with Gasteiger partial charge in [0.05, 0.1) is 53.8 Å². The molecule has 8 nitrogen and oxygen atoms in total. The second-order valence-corrected chi connectivity index (χ2v) is 9.11. The fourth-order valence-corrected chi connectivity index (χ4v) is 5.07. The number of ether oxygens (including phenoxy) is 1. The van der Waals surface area contributed by atoms with E-state index in [1.54, 1.807) is 13.4 Å². The Balaban J connectivity index is 1.31. The van der Waals surface area contributed by atoms with Crippen molar-refractivity contribution >= 4 is 23.3 Å². The number of hydrogen-bond acceptors (Lipinski definition) is 4. The zero-order valence-electron chi connectivity index (χ0n) is 20.2. The van der Waals surface area contributed by atoms with Crippen LogP contribution in [0.15, 0.2) is 48.9 Å². The van der Waals surface area contributed by atoms with Gasteiger partial charge in [0.25, 0.3) is 0 Å². The minimum Gasteiger partial charge on any atom is -0.383 e. The monoisotopic (exact) mass is 508 g/mol. The molecule has 0 bridgehead atoms. The number of urea groups is 1. The van der Waals surface area contributed by atoms with Crippen molar-refractivity contribution < 1.29 is 13.9 Å². The molecule has 0 saturated heterocycles. The first-order valence-corrected chi connectivity index (χ1v) is 11.9. The fraction of sp³-hybridized carbons (Fsp3) is 0.269. The third kappa shape index (κ3) is 4.25. The molecule has 36 heavy (non-hydrogen) atoms. The molecular weight excluding hydrogens is 483 g/mol. The van der Waals surface area contributed by atoms with Crippen LogP contribution in [-0.2, 0) is 11.3 Å². The first-order valence-electron chi connectivity index (χ1n) is 11.6. The van der Waals surface area contributed by atoms with Gasteiger partial charge in [-0.05, 0) is 31.5 Å². The van der Waals surface area contributed by atoms with Crippen LogP contribution in [0.5, 0.6) is 0 Å². The number of hydrogen-bond donors (Lipinski definition) is 2. The summed E-state index contributed by atoms with van der Waals surface area (Å²) in [5, 5.41) is 10.3. The normalized spacial score (nSPS) is 14.0. The van der Waals surface area contributed by atoms with Crippen LogP contribution in [0, 0.1) is 19.7 Å². The summed E-state index contributed by atoms with van der Waals surface area (Å²) in [7, 11) is 1.63. The molecule has 2 aromatic carbocycles. The highest BCUT2D eigenvalue weighted by Crippen LogP contribution is 2.39. The standard InChI is InChI=1S/C26H26ClFN6O2/c1-15-25(16(2)34(32-15)8-9-36-3)19-10-21(28)22(11-20(19)27)31-26(35)30-13-24-18-7-5-4-6-17(18)23-12-29-14-33(23)24/h4-7,10-12,14,24H,8-9,13H2,1-3H3,(H2,30,31,35). The number of rotatable bonds is 7. The molecular formula is C26H26ClFN6O2. The summed E-state index contributed by atoms with van der Waals surface area (Å²) >= 11 is 6.55. The van der Waals surface area contributed by atoms with Crippen molar-refractivity contribution in [1.82, 2.24) is 24.6 Å². The fourth-order valence-electron chi connectivity index (χ4n) is 4.81. The van der Waals surface area contributed by atoms with Crippen LogP contribution in [0.4, 0.5) is 14.9 Å². The van der Waals surface area contributed by atoms with Gasteiger partial charge in [0.2, 0.25) is 0 Å². The van der Waals surface area contributed by atoms with Gasteiger partial charge in [-0.15, -0.1) is 0 Å². The zero-order valence-corrected chi connectivity index (χ0v) is 20.9. The van der Waals surface area contributed by atoms with Crippen LogP contribution in [0.25, 0.3) is 22.4 Å². The maximum atomic E-state index is 15.1. The molecule has 0 saturated carbocycles. The maximum absolute atomic E-state index is 15.1. The first kappa shape index (κ1) is 24.0. The number of carbonyl (C=O) groups is 1. The smallest absolute Gasteiger partial charge is 0.319 e. The molecule has 1 unspecified atom stereocenters. The summed E-state index contributed by atoms with van der Waals surface area (Å²) in [5.74, 6) is -0.587. The van der Waals surface area contributed by atoms with Crippen molar-refractivity contribution in [3.63, 3.8) is 0 Å². The highest BCUT2D eigenvalue weighted by Gasteiger charge is 2.28. The van der Waals surface area contributed by atoms with Crippen LogP contribution in [0.3, 0.4) is 0 Å². The Morgan fingerprint density at radius 2 is 2.03 bits per heavy atom. The molecule has 2 amide bonds. The van der Waals surface area contributed by atoms with Crippen molar-refractivity contribution in [3.8, 4) is 22.4 Å². The molecule has 0 aliphatic carbocycles. The SMILES string of the molecule is COCCn1nc(C)c(-c2cc(F)c(NC(=O)NCC3c4ccccc4-c4cncn43)cc2Cl)c1C. The number of amides is 2. The molecule has 4 aromatic rings. The van der Waals surface area contributed by atoms with E-state index in [0.717, 1.165) is 33.8 Å². The van der Waals surface area contributed by atoms with Gasteiger partial charge in [-0.2, -0.15) is 5.10 Å². The lowest BCUT2D eigenvalue weighted by Crippen LogP contribution is -2.33. The topological polar surface area (TPSA) is 86.0 Å². The highest BCUT2D eigenvalue weighted by atomic mass is 35.5. The van der Waals surface area contributed by atoms with Gasteiger partial charge in [-0.3, -0.25) is 4.68 Å². The van der Waals surface area contributed by atoms with Crippen LogP contribution in [0.2, 0.25) is 5.02 Å². The highest BCUT2D eigenvalue weighted by molar-refractivity contribution is 6.33. The molecule has 0 spiro atoms. The quantitative estimate of drug-likeness (QED) is 0.359. The molecule has 1 atom stereocenters. The Labute approximate surface area is 213 Å². The van der Waals surface area contributed by atoms with Crippen LogP contribution in [-0.4, -0.2) is 45.6 Å². The van der Waals surface area contributed by atoms with Gasteiger partial charge >= 0.3 is 6.03 Å². The Morgan fingerprint density at radius 1 is 1.22 bits per heavy atom. The predicted molar refractivity (Wildman–Crippen MR) is 137 cm³/mol. The second-order valence-electron chi connectivity index (χ2n) is 8.70. The minimum absolute atomic E-state index is 0.00141. The van der Waals surface area contributed by atoms with E-state index in [4.69, 9.17) is 16.3 Å². The van der Waals surface area contributed by atoms with Crippen molar-refractivity contribution in [1.29, 1.82) is 0 Å². The summed E-state index contributed by atoms with van der Waals surface area (Å²) < 4.78 is 24.1. The zero-order chi connectivity index (χ0) is 25.4. The summed E-state index contributed by atoms with van der Waals surface area (Å²) in [6.07, 6.45) is 3.56. The van der Waals surface area contributed by atoms with Gasteiger partial charge < -0.3 is 19.9 Å². The van der Waals surface area contributed by atoms with E-state index < -0.39 is 11.8 Å². The Kier molecular flexibility index (Phi) is 6.51. The molecule has 10 heteroatoms. The van der Waals surface area contributed by atoms with Gasteiger partial charge in [0.1, 0.15) is 5.82 Å². The molecule has 1 aliphatic heterocycles. The number of methoxy groups -OCH3 is 1. The largest absolute Gasteiger partial charge is 0.383 e. The van der Waals surface area contributed by atoms with Gasteiger partial charge in [-0.25, -0.2) is 14.2 Å². The molecule has 2 aromatic heterocycles. The van der Waals surface area contributed by atoms with Crippen LogP contribution < -0.4 is 10.6 Å². The van der Waals surface area contributed by atoms with E-state index in [-0.39, 0.29) is 11.7 Å². The Hall–Kier alpha value is -3.69. The van der Waals surface area contributed by atoms with Crippen molar-refractivity contribution in [2.24, 2.45) is 0 Å².